The zero-order valence-electron chi connectivity index (χ0n) is 19.6. The Labute approximate surface area is 196 Å². The first kappa shape index (κ1) is 22.8. The van der Waals surface area contributed by atoms with Crippen LogP contribution in [0.5, 0.6) is 0 Å². The Kier molecular flexibility index (Phi) is 7.60. The Morgan fingerprint density at radius 1 is 1.09 bits per heavy atom. The molecule has 0 bridgehead atoms. The van der Waals surface area contributed by atoms with Gasteiger partial charge >= 0.3 is 0 Å². The van der Waals surface area contributed by atoms with Gasteiger partial charge in [-0.15, -0.1) is 0 Å². The molecule has 174 valence electrons. The second kappa shape index (κ2) is 11.0. The van der Waals surface area contributed by atoms with Gasteiger partial charge in [0.25, 0.3) is 0 Å². The van der Waals surface area contributed by atoms with Crippen molar-refractivity contribution in [3.63, 3.8) is 0 Å². The lowest BCUT2D eigenvalue weighted by atomic mass is 9.84. The van der Waals surface area contributed by atoms with E-state index in [2.05, 4.69) is 25.9 Å². The molecule has 3 aromatic rings. The Balaban J connectivity index is 1.58. The SMILES string of the molecule is CCNc1nc(N[C@H](CC2CCCCC2)C(=O)Nc2ccc(C)cc2)cc(-n2cccc2)n1. The zero-order valence-corrected chi connectivity index (χ0v) is 19.6. The lowest BCUT2D eigenvalue weighted by Crippen LogP contribution is -2.37. The Morgan fingerprint density at radius 3 is 2.52 bits per heavy atom. The fourth-order valence-corrected chi connectivity index (χ4v) is 4.40. The van der Waals surface area contributed by atoms with Gasteiger partial charge in [-0.25, -0.2) is 0 Å². The zero-order chi connectivity index (χ0) is 23.0. The molecule has 1 atom stereocenters. The van der Waals surface area contributed by atoms with Crippen LogP contribution < -0.4 is 16.0 Å². The molecule has 0 unspecified atom stereocenters. The van der Waals surface area contributed by atoms with Gasteiger partial charge in [0.1, 0.15) is 17.7 Å². The van der Waals surface area contributed by atoms with E-state index < -0.39 is 0 Å². The first-order valence-electron chi connectivity index (χ1n) is 12.0. The number of amides is 1. The van der Waals surface area contributed by atoms with Gasteiger partial charge in [-0.3, -0.25) is 4.79 Å². The molecule has 1 saturated carbocycles. The van der Waals surface area contributed by atoms with E-state index in [1.807, 2.05) is 73.3 Å². The first-order chi connectivity index (χ1) is 16.1. The molecule has 0 saturated heterocycles. The smallest absolute Gasteiger partial charge is 0.246 e. The maximum Gasteiger partial charge on any atom is 0.246 e. The standard InChI is InChI=1S/C26H34N6O/c1-3-27-26-30-23(18-24(31-26)32-15-7-8-16-32)29-22(17-20-9-5-4-6-10-20)25(33)28-21-13-11-19(2)12-14-21/h7-8,11-16,18,20,22H,3-6,9-10,17H2,1-2H3,(H,28,33)(H2,27,29,30,31)/t22-/m1/s1. The van der Waals surface area contributed by atoms with Crippen molar-refractivity contribution in [2.75, 3.05) is 22.5 Å². The van der Waals surface area contributed by atoms with Crippen molar-refractivity contribution in [1.29, 1.82) is 0 Å². The number of rotatable bonds is 9. The number of carbonyl (C=O) groups excluding carboxylic acids is 1. The van der Waals surface area contributed by atoms with Gasteiger partial charge in [0.15, 0.2) is 0 Å². The molecule has 4 rings (SSSR count). The monoisotopic (exact) mass is 446 g/mol. The van der Waals surface area contributed by atoms with Gasteiger partial charge in [0, 0.05) is 30.7 Å². The third kappa shape index (κ3) is 6.34. The largest absolute Gasteiger partial charge is 0.358 e. The quantitative estimate of drug-likeness (QED) is 0.410. The molecule has 3 N–H and O–H groups in total. The minimum atomic E-state index is -0.378. The van der Waals surface area contributed by atoms with Gasteiger partial charge in [0.2, 0.25) is 11.9 Å². The van der Waals surface area contributed by atoms with Crippen LogP contribution in [0.2, 0.25) is 0 Å². The highest BCUT2D eigenvalue weighted by molar-refractivity contribution is 5.96. The van der Waals surface area contributed by atoms with Crippen molar-refractivity contribution >= 4 is 23.4 Å². The van der Waals surface area contributed by atoms with Crippen LogP contribution in [0.15, 0.2) is 54.9 Å². The van der Waals surface area contributed by atoms with Gasteiger partial charge in [0.05, 0.1) is 0 Å². The van der Waals surface area contributed by atoms with Crippen LogP contribution >= 0.6 is 0 Å². The highest BCUT2D eigenvalue weighted by Crippen LogP contribution is 2.29. The molecule has 1 aliphatic rings. The third-order valence-corrected chi connectivity index (χ3v) is 6.17. The average Bonchev–Trinajstić information content (AvgIpc) is 3.36. The summed E-state index contributed by atoms with van der Waals surface area (Å²) in [6.45, 7) is 4.77. The van der Waals surface area contributed by atoms with Gasteiger partial charge in [-0.2, -0.15) is 9.97 Å². The number of hydrogen-bond donors (Lipinski definition) is 3. The second-order valence-corrected chi connectivity index (χ2v) is 8.85. The molecule has 1 aromatic carbocycles. The van der Waals surface area contributed by atoms with E-state index in [1.165, 1.54) is 37.7 Å². The number of nitrogens with zero attached hydrogens (tertiary/aromatic N) is 3. The minimum absolute atomic E-state index is 0.0319. The van der Waals surface area contributed by atoms with E-state index >= 15 is 0 Å². The van der Waals surface area contributed by atoms with E-state index in [-0.39, 0.29) is 11.9 Å². The molecule has 2 heterocycles. The Morgan fingerprint density at radius 2 is 1.82 bits per heavy atom. The predicted octanol–water partition coefficient (Wildman–Crippen LogP) is 5.40. The first-order valence-corrected chi connectivity index (χ1v) is 12.0. The Bertz CT molecular complexity index is 1030. The van der Waals surface area contributed by atoms with Crippen LogP contribution in [0, 0.1) is 12.8 Å². The topological polar surface area (TPSA) is 83.9 Å². The minimum Gasteiger partial charge on any atom is -0.358 e. The van der Waals surface area contributed by atoms with Crippen LogP contribution in [0.25, 0.3) is 5.82 Å². The summed E-state index contributed by atoms with van der Waals surface area (Å²) < 4.78 is 1.94. The summed E-state index contributed by atoms with van der Waals surface area (Å²) in [5.74, 6) is 2.45. The van der Waals surface area contributed by atoms with Gasteiger partial charge in [-0.05, 0) is 50.5 Å². The average molecular weight is 447 g/mol. The van der Waals surface area contributed by atoms with E-state index in [0.29, 0.717) is 24.2 Å². The molecule has 33 heavy (non-hydrogen) atoms. The number of carbonyl (C=O) groups is 1. The molecule has 1 amide bonds. The van der Waals surface area contributed by atoms with Crippen LogP contribution in [0.1, 0.15) is 51.0 Å². The van der Waals surface area contributed by atoms with Crippen LogP contribution in [-0.2, 0) is 4.79 Å². The highest BCUT2D eigenvalue weighted by atomic mass is 16.2. The number of anilines is 3. The number of hydrogen-bond acceptors (Lipinski definition) is 5. The summed E-state index contributed by atoms with van der Waals surface area (Å²) >= 11 is 0. The molecule has 1 fully saturated rings. The van der Waals surface area contributed by atoms with Crippen LogP contribution in [0.4, 0.5) is 17.5 Å². The van der Waals surface area contributed by atoms with Crippen LogP contribution in [-0.4, -0.2) is 33.0 Å². The van der Waals surface area contributed by atoms with Gasteiger partial charge in [-0.1, -0.05) is 49.8 Å². The summed E-state index contributed by atoms with van der Waals surface area (Å²) in [5.41, 5.74) is 1.98. The van der Waals surface area contributed by atoms with E-state index in [9.17, 15) is 4.79 Å². The summed E-state index contributed by atoms with van der Waals surface area (Å²) in [6.07, 6.45) is 10.8. The lowest BCUT2D eigenvalue weighted by molar-refractivity contribution is -0.117. The van der Waals surface area contributed by atoms with Crippen molar-refractivity contribution < 1.29 is 4.79 Å². The molecule has 1 aliphatic carbocycles. The lowest BCUT2D eigenvalue weighted by Gasteiger charge is -2.27. The highest BCUT2D eigenvalue weighted by Gasteiger charge is 2.25. The normalized spacial score (nSPS) is 15.1. The summed E-state index contributed by atoms with van der Waals surface area (Å²) in [5, 5.41) is 9.74. The van der Waals surface area contributed by atoms with Crippen molar-refractivity contribution in [2.24, 2.45) is 5.92 Å². The van der Waals surface area contributed by atoms with Crippen molar-refractivity contribution in [3.8, 4) is 5.82 Å². The van der Waals surface area contributed by atoms with Gasteiger partial charge < -0.3 is 20.5 Å². The van der Waals surface area contributed by atoms with E-state index in [1.54, 1.807) is 0 Å². The molecule has 0 spiro atoms. The van der Waals surface area contributed by atoms with Crippen molar-refractivity contribution in [3.05, 3.63) is 60.4 Å². The van der Waals surface area contributed by atoms with Crippen molar-refractivity contribution in [2.45, 2.75) is 58.4 Å². The molecule has 7 nitrogen and oxygen atoms in total. The Hall–Kier alpha value is -3.35. The molecule has 2 aromatic heterocycles. The van der Waals surface area contributed by atoms with Crippen molar-refractivity contribution in [1.82, 2.24) is 14.5 Å². The number of benzene rings is 1. The maximum absolute atomic E-state index is 13.4. The number of aromatic nitrogens is 3. The predicted molar refractivity (Wildman–Crippen MR) is 134 cm³/mol. The second-order valence-electron chi connectivity index (χ2n) is 8.85. The number of nitrogens with one attached hydrogen (secondary N) is 3. The van der Waals surface area contributed by atoms with E-state index in [0.717, 1.165) is 17.9 Å². The summed E-state index contributed by atoms with van der Waals surface area (Å²) in [6, 6.07) is 13.4. The summed E-state index contributed by atoms with van der Waals surface area (Å²) in [7, 11) is 0. The molecular formula is C26H34N6O. The molecule has 0 radical (unpaired) electrons. The fraction of sp³-hybridized carbons (Fsp3) is 0.423. The van der Waals surface area contributed by atoms with Crippen LogP contribution in [0.3, 0.4) is 0 Å². The number of aryl methyl sites for hydroxylation is 1. The maximum atomic E-state index is 13.4. The van der Waals surface area contributed by atoms with E-state index in [4.69, 9.17) is 0 Å². The third-order valence-electron chi connectivity index (χ3n) is 6.17. The summed E-state index contributed by atoms with van der Waals surface area (Å²) in [4.78, 5) is 22.6. The molecule has 7 heteroatoms. The molecular weight excluding hydrogens is 412 g/mol. The molecule has 0 aliphatic heterocycles. The fourth-order valence-electron chi connectivity index (χ4n) is 4.40.